The molecule has 3 heteroatoms. The Hall–Kier alpha value is -0.570. The molecule has 18 heavy (non-hydrogen) atoms. The maximum absolute atomic E-state index is 11.8. The Balaban J connectivity index is 2.10. The fourth-order valence-electron chi connectivity index (χ4n) is 2.68. The van der Waals surface area contributed by atoms with Crippen molar-refractivity contribution in [1.29, 1.82) is 0 Å². The van der Waals surface area contributed by atoms with Crippen LogP contribution in [0.3, 0.4) is 0 Å². The van der Waals surface area contributed by atoms with Gasteiger partial charge in [0, 0.05) is 13.0 Å². The Kier molecular flexibility index (Phi) is 7.33. The third-order valence-electron chi connectivity index (χ3n) is 3.98. The van der Waals surface area contributed by atoms with Gasteiger partial charge < -0.3 is 10.6 Å². The molecule has 1 unspecified atom stereocenters. The van der Waals surface area contributed by atoms with Gasteiger partial charge in [0.25, 0.3) is 0 Å². The number of piperidine rings is 1. The van der Waals surface area contributed by atoms with Crippen LogP contribution in [0, 0.1) is 17.8 Å². The highest BCUT2D eigenvalue weighted by molar-refractivity contribution is 5.76. The van der Waals surface area contributed by atoms with Crippen molar-refractivity contribution in [3.63, 3.8) is 0 Å². The van der Waals surface area contributed by atoms with Gasteiger partial charge in [-0.25, -0.2) is 0 Å². The normalized spacial score (nSPS) is 18.9. The first-order valence-corrected chi connectivity index (χ1v) is 7.57. The molecule has 0 radical (unpaired) electrons. The lowest BCUT2D eigenvalue weighted by Gasteiger charge is -2.27. The van der Waals surface area contributed by atoms with Gasteiger partial charge in [-0.3, -0.25) is 4.79 Å². The largest absolute Gasteiger partial charge is 0.356 e. The SMILES string of the molecule is CC(C)CCCNC(=O)CC(C)C1CCNCC1. The van der Waals surface area contributed by atoms with Gasteiger partial charge in [-0.2, -0.15) is 0 Å². The van der Waals surface area contributed by atoms with Gasteiger partial charge in [0.15, 0.2) is 0 Å². The zero-order chi connectivity index (χ0) is 13.4. The first-order valence-electron chi connectivity index (χ1n) is 7.57. The molecule has 1 aliphatic rings. The molecule has 3 nitrogen and oxygen atoms in total. The van der Waals surface area contributed by atoms with E-state index in [4.69, 9.17) is 0 Å². The van der Waals surface area contributed by atoms with Gasteiger partial charge in [0.1, 0.15) is 0 Å². The van der Waals surface area contributed by atoms with Gasteiger partial charge in [-0.15, -0.1) is 0 Å². The third-order valence-corrected chi connectivity index (χ3v) is 3.98. The number of hydrogen-bond donors (Lipinski definition) is 2. The van der Waals surface area contributed by atoms with Crippen LogP contribution in [0.15, 0.2) is 0 Å². The standard InChI is InChI=1S/C15H30N2O/c1-12(2)5-4-8-17-15(18)11-13(3)14-6-9-16-10-7-14/h12-14,16H,4-11H2,1-3H3,(H,17,18). The van der Waals surface area contributed by atoms with Crippen molar-refractivity contribution in [2.75, 3.05) is 19.6 Å². The van der Waals surface area contributed by atoms with Crippen molar-refractivity contribution in [1.82, 2.24) is 10.6 Å². The molecule has 0 aromatic heterocycles. The van der Waals surface area contributed by atoms with E-state index in [2.05, 4.69) is 31.4 Å². The number of carbonyl (C=O) groups is 1. The Morgan fingerprint density at radius 1 is 1.28 bits per heavy atom. The third kappa shape index (κ3) is 6.39. The topological polar surface area (TPSA) is 41.1 Å². The summed E-state index contributed by atoms with van der Waals surface area (Å²) in [7, 11) is 0. The smallest absolute Gasteiger partial charge is 0.220 e. The van der Waals surface area contributed by atoms with E-state index in [1.807, 2.05) is 0 Å². The van der Waals surface area contributed by atoms with Crippen molar-refractivity contribution in [3.8, 4) is 0 Å². The summed E-state index contributed by atoms with van der Waals surface area (Å²) < 4.78 is 0. The van der Waals surface area contributed by atoms with Gasteiger partial charge >= 0.3 is 0 Å². The molecule has 2 N–H and O–H groups in total. The molecular formula is C15H30N2O. The number of amides is 1. The number of nitrogens with one attached hydrogen (secondary N) is 2. The lowest BCUT2D eigenvalue weighted by molar-refractivity contribution is -0.122. The van der Waals surface area contributed by atoms with E-state index in [9.17, 15) is 4.79 Å². The predicted molar refractivity (Wildman–Crippen MR) is 76.5 cm³/mol. The van der Waals surface area contributed by atoms with Crippen LogP contribution in [-0.2, 0) is 4.79 Å². The molecular weight excluding hydrogens is 224 g/mol. The molecule has 1 atom stereocenters. The van der Waals surface area contributed by atoms with Crippen LogP contribution in [0.5, 0.6) is 0 Å². The highest BCUT2D eigenvalue weighted by Gasteiger charge is 2.21. The van der Waals surface area contributed by atoms with Crippen LogP contribution >= 0.6 is 0 Å². The van der Waals surface area contributed by atoms with Crippen molar-refractivity contribution in [2.45, 2.75) is 52.9 Å². The predicted octanol–water partition coefficient (Wildman–Crippen LogP) is 2.56. The molecule has 0 spiro atoms. The van der Waals surface area contributed by atoms with Gasteiger partial charge in [-0.05, 0) is 56.5 Å². The fourth-order valence-corrected chi connectivity index (χ4v) is 2.68. The second-order valence-corrected chi connectivity index (χ2v) is 6.15. The molecule has 0 aromatic carbocycles. The Morgan fingerprint density at radius 2 is 1.94 bits per heavy atom. The van der Waals surface area contributed by atoms with E-state index in [0.29, 0.717) is 12.3 Å². The van der Waals surface area contributed by atoms with Crippen LogP contribution in [0.4, 0.5) is 0 Å². The van der Waals surface area contributed by atoms with E-state index in [0.717, 1.165) is 37.9 Å². The summed E-state index contributed by atoms with van der Waals surface area (Å²) in [6, 6.07) is 0. The minimum atomic E-state index is 0.241. The molecule has 106 valence electrons. The lowest BCUT2D eigenvalue weighted by Crippen LogP contribution is -2.33. The molecule has 1 amide bonds. The Bertz CT molecular complexity index is 235. The zero-order valence-electron chi connectivity index (χ0n) is 12.3. The van der Waals surface area contributed by atoms with E-state index in [1.165, 1.54) is 19.3 Å². The Morgan fingerprint density at radius 3 is 2.56 bits per heavy atom. The molecule has 1 heterocycles. The summed E-state index contributed by atoms with van der Waals surface area (Å²) in [5, 5.41) is 6.43. The zero-order valence-corrected chi connectivity index (χ0v) is 12.3. The lowest BCUT2D eigenvalue weighted by atomic mass is 9.84. The number of carbonyl (C=O) groups excluding carboxylic acids is 1. The molecule has 0 aromatic rings. The summed E-state index contributed by atoms with van der Waals surface area (Å²) in [6.45, 7) is 9.75. The summed E-state index contributed by atoms with van der Waals surface area (Å²) in [5.41, 5.74) is 0. The van der Waals surface area contributed by atoms with Crippen LogP contribution in [0.25, 0.3) is 0 Å². The van der Waals surface area contributed by atoms with E-state index >= 15 is 0 Å². The quantitative estimate of drug-likeness (QED) is 0.686. The van der Waals surface area contributed by atoms with Gasteiger partial charge in [-0.1, -0.05) is 20.8 Å². The first kappa shape index (κ1) is 15.5. The van der Waals surface area contributed by atoms with Gasteiger partial charge in [0.2, 0.25) is 5.91 Å². The van der Waals surface area contributed by atoms with Crippen LogP contribution < -0.4 is 10.6 Å². The molecule has 1 saturated heterocycles. The summed E-state index contributed by atoms with van der Waals surface area (Å²) >= 11 is 0. The summed E-state index contributed by atoms with van der Waals surface area (Å²) in [5.74, 6) is 2.23. The van der Waals surface area contributed by atoms with E-state index < -0.39 is 0 Å². The van der Waals surface area contributed by atoms with Crippen LogP contribution in [0.2, 0.25) is 0 Å². The van der Waals surface area contributed by atoms with Gasteiger partial charge in [0.05, 0.1) is 0 Å². The molecule has 0 aliphatic carbocycles. The molecule has 0 bridgehead atoms. The van der Waals surface area contributed by atoms with Crippen molar-refractivity contribution >= 4 is 5.91 Å². The van der Waals surface area contributed by atoms with E-state index in [1.54, 1.807) is 0 Å². The number of rotatable bonds is 7. The first-order chi connectivity index (χ1) is 8.59. The average molecular weight is 254 g/mol. The minimum Gasteiger partial charge on any atom is -0.356 e. The summed E-state index contributed by atoms with van der Waals surface area (Å²) in [4.78, 5) is 11.8. The second-order valence-electron chi connectivity index (χ2n) is 6.15. The Labute approximate surface area is 112 Å². The van der Waals surface area contributed by atoms with Crippen LogP contribution in [0.1, 0.15) is 52.9 Å². The van der Waals surface area contributed by atoms with E-state index in [-0.39, 0.29) is 5.91 Å². The minimum absolute atomic E-state index is 0.241. The fraction of sp³-hybridized carbons (Fsp3) is 0.933. The number of hydrogen-bond acceptors (Lipinski definition) is 2. The maximum Gasteiger partial charge on any atom is 0.220 e. The monoisotopic (exact) mass is 254 g/mol. The van der Waals surface area contributed by atoms with Crippen molar-refractivity contribution in [2.24, 2.45) is 17.8 Å². The molecule has 1 aliphatic heterocycles. The maximum atomic E-state index is 11.8. The molecule has 1 fully saturated rings. The van der Waals surface area contributed by atoms with Crippen LogP contribution in [-0.4, -0.2) is 25.5 Å². The molecule has 1 rings (SSSR count). The average Bonchev–Trinajstić information content (AvgIpc) is 2.35. The van der Waals surface area contributed by atoms with Crippen molar-refractivity contribution in [3.05, 3.63) is 0 Å². The van der Waals surface area contributed by atoms with Crippen molar-refractivity contribution < 1.29 is 4.79 Å². The highest BCUT2D eigenvalue weighted by Crippen LogP contribution is 2.24. The summed E-state index contributed by atoms with van der Waals surface area (Å²) in [6.07, 6.45) is 5.45. The highest BCUT2D eigenvalue weighted by atomic mass is 16.1. The molecule has 0 saturated carbocycles. The second kappa shape index (κ2) is 8.52.